The van der Waals surface area contributed by atoms with Crippen molar-refractivity contribution in [2.75, 3.05) is 7.11 Å². The molecule has 6 nitrogen and oxygen atoms in total. The summed E-state index contributed by atoms with van der Waals surface area (Å²) >= 11 is 0. The van der Waals surface area contributed by atoms with Crippen LogP contribution in [-0.2, 0) is 16.1 Å². The molecule has 0 aliphatic carbocycles. The van der Waals surface area contributed by atoms with Crippen LogP contribution in [0.2, 0.25) is 0 Å². The van der Waals surface area contributed by atoms with Crippen LogP contribution in [0.4, 0.5) is 4.39 Å². The second-order valence-electron chi connectivity index (χ2n) is 7.04. The monoisotopic (exact) mass is 418 g/mol. The van der Waals surface area contributed by atoms with Crippen molar-refractivity contribution >= 4 is 17.4 Å². The van der Waals surface area contributed by atoms with Crippen LogP contribution in [0.15, 0.2) is 78.6 Å². The number of benzene rings is 2. The molecule has 3 aromatic rings. The van der Waals surface area contributed by atoms with Crippen molar-refractivity contribution < 1.29 is 23.8 Å². The van der Waals surface area contributed by atoms with Gasteiger partial charge < -0.3 is 14.7 Å². The third-order valence-electron chi connectivity index (χ3n) is 5.14. The number of hydrogen-bond acceptors (Lipinski definition) is 5. The summed E-state index contributed by atoms with van der Waals surface area (Å²) < 4.78 is 19.3. The molecule has 2 aromatic carbocycles. The molecule has 1 N–H and O–H groups in total. The lowest BCUT2D eigenvalue weighted by Gasteiger charge is -2.25. The topological polar surface area (TPSA) is 79.7 Å². The number of amides is 1. The van der Waals surface area contributed by atoms with Gasteiger partial charge in [-0.15, -0.1) is 0 Å². The van der Waals surface area contributed by atoms with Gasteiger partial charge in [-0.25, -0.2) is 4.39 Å². The number of nitrogens with zero attached hydrogens (tertiary/aromatic N) is 2. The summed E-state index contributed by atoms with van der Waals surface area (Å²) in [4.78, 5) is 31.4. The van der Waals surface area contributed by atoms with Crippen molar-refractivity contribution in [3.63, 3.8) is 0 Å². The van der Waals surface area contributed by atoms with E-state index in [0.717, 1.165) is 0 Å². The fourth-order valence-corrected chi connectivity index (χ4v) is 3.74. The highest BCUT2D eigenvalue weighted by atomic mass is 19.1. The summed E-state index contributed by atoms with van der Waals surface area (Å²) in [6, 6.07) is 14.8. The van der Waals surface area contributed by atoms with Gasteiger partial charge in [-0.1, -0.05) is 30.3 Å². The quantitative estimate of drug-likeness (QED) is 0.387. The van der Waals surface area contributed by atoms with Gasteiger partial charge in [-0.2, -0.15) is 0 Å². The molecule has 1 amide bonds. The van der Waals surface area contributed by atoms with E-state index in [1.807, 2.05) is 0 Å². The van der Waals surface area contributed by atoms with Crippen LogP contribution in [0.3, 0.4) is 0 Å². The van der Waals surface area contributed by atoms with Gasteiger partial charge in [-0.05, 0) is 41.5 Å². The maximum absolute atomic E-state index is 14.0. The van der Waals surface area contributed by atoms with E-state index < -0.39 is 23.5 Å². The van der Waals surface area contributed by atoms with Gasteiger partial charge >= 0.3 is 0 Å². The number of hydrogen-bond donors (Lipinski definition) is 1. The molecular weight excluding hydrogens is 399 g/mol. The molecule has 31 heavy (non-hydrogen) atoms. The van der Waals surface area contributed by atoms with Gasteiger partial charge in [0.2, 0.25) is 0 Å². The highest BCUT2D eigenvalue weighted by Gasteiger charge is 2.46. The molecule has 0 spiro atoms. The summed E-state index contributed by atoms with van der Waals surface area (Å²) in [6.07, 6.45) is 3.19. The third-order valence-corrected chi connectivity index (χ3v) is 5.14. The SMILES string of the molecule is COc1ccccc1/C(O)=C1\C(=O)C(=O)N(Cc2cccnc2)C1c1cccc(F)c1. The lowest BCUT2D eigenvalue weighted by atomic mass is 9.95. The molecule has 0 bridgehead atoms. The van der Waals surface area contributed by atoms with Crippen LogP contribution in [0.1, 0.15) is 22.7 Å². The second kappa shape index (κ2) is 8.39. The van der Waals surface area contributed by atoms with Crippen LogP contribution in [0, 0.1) is 5.82 Å². The van der Waals surface area contributed by atoms with E-state index in [1.54, 1.807) is 54.9 Å². The summed E-state index contributed by atoms with van der Waals surface area (Å²) in [5, 5.41) is 11.1. The Hall–Kier alpha value is -4.00. The van der Waals surface area contributed by atoms with Gasteiger partial charge in [0.15, 0.2) is 0 Å². The minimum Gasteiger partial charge on any atom is -0.507 e. The number of carbonyl (C=O) groups excluding carboxylic acids is 2. The number of aromatic nitrogens is 1. The van der Waals surface area contributed by atoms with Gasteiger partial charge in [-0.3, -0.25) is 14.6 Å². The van der Waals surface area contributed by atoms with Gasteiger partial charge in [0, 0.05) is 18.9 Å². The number of Topliss-reactive ketones (excluding diaryl/α,β-unsaturated/α-hetero) is 1. The summed E-state index contributed by atoms with van der Waals surface area (Å²) in [5.41, 5.74) is 1.22. The van der Waals surface area contributed by atoms with E-state index in [9.17, 15) is 19.1 Å². The van der Waals surface area contributed by atoms with E-state index in [2.05, 4.69) is 4.98 Å². The zero-order chi connectivity index (χ0) is 22.0. The minimum atomic E-state index is -0.971. The number of para-hydroxylation sites is 1. The molecule has 1 fully saturated rings. The zero-order valence-electron chi connectivity index (χ0n) is 16.7. The molecule has 1 atom stereocenters. The standard InChI is InChI=1S/C24H19FN2O4/c1-31-19-10-3-2-9-18(19)22(28)20-21(16-7-4-8-17(25)12-16)27(24(30)23(20)29)14-15-6-5-11-26-13-15/h2-13,21,28H,14H2,1H3/b22-20+. The number of methoxy groups -OCH3 is 1. The molecule has 1 aromatic heterocycles. The number of pyridine rings is 1. The first-order valence-electron chi connectivity index (χ1n) is 9.57. The van der Waals surface area contributed by atoms with Crippen molar-refractivity contribution in [2.45, 2.75) is 12.6 Å². The average Bonchev–Trinajstić information content (AvgIpc) is 3.04. The minimum absolute atomic E-state index is 0.0717. The number of ketones is 1. The Morgan fingerprint density at radius 3 is 2.65 bits per heavy atom. The van der Waals surface area contributed by atoms with Crippen LogP contribution < -0.4 is 4.74 Å². The van der Waals surface area contributed by atoms with Crippen molar-refractivity contribution in [1.82, 2.24) is 9.88 Å². The molecule has 7 heteroatoms. The molecule has 2 heterocycles. The van der Waals surface area contributed by atoms with E-state index in [0.29, 0.717) is 16.9 Å². The molecule has 1 aliphatic heterocycles. The average molecular weight is 418 g/mol. The fraction of sp³-hybridized carbons (Fsp3) is 0.125. The summed E-state index contributed by atoms with van der Waals surface area (Å²) in [5.74, 6) is -2.17. The maximum atomic E-state index is 14.0. The van der Waals surface area contributed by atoms with E-state index in [4.69, 9.17) is 4.74 Å². The zero-order valence-corrected chi connectivity index (χ0v) is 16.7. The number of aliphatic hydroxyl groups excluding tert-OH is 1. The van der Waals surface area contributed by atoms with Crippen molar-refractivity contribution in [3.05, 3.63) is 101 Å². The number of halogens is 1. The summed E-state index contributed by atoms with van der Waals surface area (Å²) in [6.45, 7) is 0.0717. The lowest BCUT2D eigenvalue weighted by molar-refractivity contribution is -0.140. The molecule has 4 rings (SSSR count). The van der Waals surface area contributed by atoms with Gasteiger partial charge in [0.25, 0.3) is 11.7 Å². The molecule has 1 aliphatic rings. The molecule has 0 saturated carbocycles. The Balaban J connectivity index is 1.90. The number of ether oxygens (including phenoxy) is 1. The van der Waals surface area contributed by atoms with E-state index in [-0.39, 0.29) is 23.4 Å². The van der Waals surface area contributed by atoms with Gasteiger partial charge in [0.05, 0.1) is 24.3 Å². The Kier molecular flexibility index (Phi) is 5.49. The van der Waals surface area contributed by atoms with Crippen molar-refractivity contribution in [3.8, 4) is 5.75 Å². The fourth-order valence-electron chi connectivity index (χ4n) is 3.74. The predicted octanol–water partition coefficient (Wildman–Crippen LogP) is 3.85. The number of likely N-dealkylation sites (tertiary alicyclic amines) is 1. The first-order valence-corrected chi connectivity index (χ1v) is 9.57. The Bertz CT molecular complexity index is 1180. The normalized spacial score (nSPS) is 17.7. The molecule has 156 valence electrons. The van der Waals surface area contributed by atoms with E-state index in [1.165, 1.54) is 30.2 Å². The highest BCUT2D eigenvalue weighted by Crippen LogP contribution is 2.41. The first-order chi connectivity index (χ1) is 15.0. The number of aliphatic hydroxyl groups is 1. The van der Waals surface area contributed by atoms with Crippen LogP contribution in [0.5, 0.6) is 5.75 Å². The summed E-state index contributed by atoms with van der Waals surface area (Å²) in [7, 11) is 1.44. The lowest BCUT2D eigenvalue weighted by Crippen LogP contribution is -2.29. The maximum Gasteiger partial charge on any atom is 0.295 e. The molecule has 1 unspecified atom stereocenters. The Morgan fingerprint density at radius 1 is 1.13 bits per heavy atom. The van der Waals surface area contributed by atoms with E-state index >= 15 is 0 Å². The Labute approximate surface area is 178 Å². The molecule has 0 radical (unpaired) electrons. The molecular formula is C24H19FN2O4. The number of rotatable bonds is 5. The third kappa shape index (κ3) is 3.77. The highest BCUT2D eigenvalue weighted by molar-refractivity contribution is 6.46. The van der Waals surface area contributed by atoms with Crippen LogP contribution >= 0.6 is 0 Å². The smallest absolute Gasteiger partial charge is 0.295 e. The predicted molar refractivity (Wildman–Crippen MR) is 111 cm³/mol. The van der Waals surface area contributed by atoms with Crippen LogP contribution in [-0.4, -0.2) is 33.8 Å². The first kappa shape index (κ1) is 20.3. The molecule has 1 saturated heterocycles. The van der Waals surface area contributed by atoms with Crippen molar-refractivity contribution in [1.29, 1.82) is 0 Å². The largest absolute Gasteiger partial charge is 0.507 e. The Morgan fingerprint density at radius 2 is 1.94 bits per heavy atom. The van der Waals surface area contributed by atoms with Crippen molar-refractivity contribution in [2.24, 2.45) is 0 Å². The van der Waals surface area contributed by atoms with Gasteiger partial charge in [0.1, 0.15) is 17.3 Å². The second-order valence-corrected chi connectivity index (χ2v) is 7.04. The number of carbonyl (C=O) groups is 2. The van der Waals surface area contributed by atoms with Crippen LogP contribution in [0.25, 0.3) is 5.76 Å².